The van der Waals surface area contributed by atoms with Gasteiger partial charge in [0.05, 0.1) is 0 Å². The first-order valence-electron chi connectivity index (χ1n) is 6.12. The maximum Gasteiger partial charge on any atom is 0.170 e. The van der Waals surface area contributed by atoms with Crippen molar-refractivity contribution in [2.45, 2.75) is 20.0 Å². The van der Waals surface area contributed by atoms with Crippen LogP contribution in [0.1, 0.15) is 20.9 Å². The number of benzene rings is 1. The summed E-state index contributed by atoms with van der Waals surface area (Å²) >= 11 is 7.97. The summed E-state index contributed by atoms with van der Waals surface area (Å²) in [4.78, 5) is 2.61. The minimum Gasteiger partial charge on any atom is -0.409 e. The van der Waals surface area contributed by atoms with Crippen LogP contribution in [0.25, 0.3) is 0 Å². The number of hydrogen-bond donors (Lipinski definition) is 3. The third-order valence-corrected chi connectivity index (χ3v) is 4.22. The molecule has 6 heteroatoms. The lowest BCUT2D eigenvalue weighted by molar-refractivity contribution is 0.318. The molecule has 0 atom stereocenters. The summed E-state index contributed by atoms with van der Waals surface area (Å²) in [5, 5.41) is 15.5. The lowest BCUT2D eigenvalue weighted by Crippen LogP contribution is -2.15. The first kappa shape index (κ1) is 14.8. The molecule has 0 amide bonds. The molecule has 0 unspecified atom stereocenters. The summed E-state index contributed by atoms with van der Waals surface area (Å²) < 4.78 is 0. The molecule has 1 aromatic carbocycles. The molecule has 0 aliphatic carbocycles. The SMILES string of the molecule is Cc1ccc(CNCc2ccc(/C(N)=N/O)cc2Cl)s1. The van der Waals surface area contributed by atoms with E-state index in [1.165, 1.54) is 9.75 Å². The van der Waals surface area contributed by atoms with E-state index in [0.29, 0.717) is 17.1 Å². The fraction of sp³-hybridized carbons (Fsp3) is 0.214. The molecular weight excluding hydrogens is 294 g/mol. The highest BCUT2D eigenvalue weighted by Gasteiger charge is 2.05. The molecule has 0 saturated carbocycles. The van der Waals surface area contributed by atoms with Crippen LogP contribution in [0.3, 0.4) is 0 Å². The van der Waals surface area contributed by atoms with Gasteiger partial charge in [0, 0.05) is 33.4 Å². The van der Waals surface area contributed by atoms with E-state index in [1.807, 2.05) is 6.07 Å². The van der Waals surface area contributed by atoms with Gasteiger partial charge in [-0.3, -0.25) is 0 Å². The molecule has 2 rings (SSSR count). The van der Waals surface area contributed by atoms with Crippen LogP contribution in [-0.4, -0.2) is 11.0 Å². The normalized spacial score (nSPS) is 11.8. The molecule has 0 spiro atoms. The Balaban J connectivity index is 1.96. The fourth-order valence-electron chi connectivity index (χ4n) is 1.81. The number of rotatable bonds is 5. The molecule has 2 aromatic rings. The van der Waals surface area contributed by atoms with Crippen LogP contribution >= 0.6 is 22.9 Å². The number of halogens is 1. The highest BCUT2D eigenvalue weighted by Crippen LogP contribution is 2.19. The Morgan fingerprint density at radius 1 is 1.35 bits per heavy atom. The van der Waals surface area contributed by atoms with Gasteiger partial charge < -0.3 is 16.3 Å². The van der Waals surface area contributed by atoms with Gasteiger partial charge in [-0.25, -0.2) is 0 Å². The molecule has 4 N–H and O–H groups in total. The van der Waals surface area contributed by atoms with Gasteiger partial charge in [0.2, 0.25) is 0 Å². The highest BCUT2D eigenvalue weighted by atomic mass is 35.5. The third kappa shape index (κ3) is 3.72. The molecular formula is C14H16ClN3OS. The van der Waals surface area contributed by atoms with Crippen LogP contribution in [0.4, 0.5) is 0 Å². The molecule has 0 fully saturated rings. The summed E-state index contributed by atoms with van der Waals surface area (Å²) in [6.45, 7) is 3.58. The van der Waals surface area contributed by atoms with Gasteiger partial charge in [-0.2, -0.15) is 0 Å². The fourth-order valence-corrected chi connectivity index (χ4v) is 2.92. The Kier molecular flexibility index (Phi) is 5.00. The first-order valence-corrected chi connectivity index (χ1v) is 7.32. The number of thiophene rings is 1. The Morgan fingerprint density at radius 2 is 2.15 bits per heavy atom. The number of hydrogen-bond acceptors (Lipinski definition) is 4. The average Bonchev–Trinajstić information content (AvgIpc) is 2.85. The summed E-state index contributed by atoms with van der Waals surface area (Å²) in [6.07, 6.45) is 0. The summed E-state index contributed by atoms with van der Waals surface area (Å²) in [6, 6.07) is 9.59. The minimum atomic E-state index is 0.0560. The van der Waals surface area contributed by atoms with Gasteiger partial charge in [0.25, 0.3) is 0 Å². The second kappa shape index (κ2) is 6.74. The Labute approximate surface area is 126 Å². The molecule has 106 valence electrons. The van der Waals surface area contributed by atoms with Crippen molar-refractivity contribution < 1.29 is 5.21 Å². The number of nitrogens with two attached hydrogens (primary N) is 1. The van der Waals surface area contributed by atoms with Crippen molar-refractivity contribution in [2.75, 3.05) is 0 Å². The monoisotopic (exact) mass is 309 g/mol. The second-order valence-electron chi connectivity index (χ2n) is 4.41. The Hall–Kier alpha value is -1.56. The minimum absolute atomic E-state index is 0.0560. The predicted octanol–water partition coefficient (Wildman–Crippen LogP) is 3.09. The lowest BCUT2D eigenvalue weighted by Gasteiger charge is -2.07. The van der Waals surface area contributed by atoms with Crippen LogP contribution in [-0.2, 0) is 13.1 Å². The number of nitrogens with one attached hydrogen (secondary N) is 1. The predicted molar refractivity (Wildman–Crippen MR) is 83.6 cm³/mol. The van der Waals surface area contributed by atoms with Crippen molar-refractivity contribution in [2.24, 2.45) is 10.9 Å². The second-order valence-corrected chi connectivity index (χ2v) is 6.19. The van der Waals surface area contributed by atoms with Crippen LogP contribution < -0.4 is 11.1 Å². The zero-order valence-corrected chi connectivity index (χ0v) is 12.6. The van der Waals surface area contributed by atoms with E-state index in [2.05, 4.69) is 29.5 Å². The maximum absolute atomic E-state index is 8.63. The number of oxime groups is 1. The topological polar surface area (TPSA) is 70.6 Å². The molecule has 0 saturated heterocycles. The molecule has 1 heterocycles. The van der Waals surface area contributed by atoms with Gasteiger partial charge in [-0.15, -0.1) is 11.3 Å². The van der Waals surface area contributed by atoms with E-state index in [0.717, 1.165) is 12.1 Å². The summed E-state index contributed by atoms with van der Waals surface area (Å²) in [5.41, 5.74) is 7.11. The summed E-state index contributed by atoms with van der Waals surface area (Å²) in [5.74, 6) is 0.0560. The zero-order valence-electron chi connectivity index (χ0n) is 11.1. The Bertz CT molecular complexity index is 625. The van der Waals surface area contributed by atoms with Gasteiger partial charge >= 0.3 is 0 Å². The van der Waals surface area contributed by atoms with Gasteiger partial charge in [-0.05, 0) is 30.7 Å². The average molecular weight is 310 g/mol. The van der Waals surface area contributed by atoms with Crippen LogP contribution in [0, 0.1) is 6.92 Å². The molecule has 0 bridgehead atoms. The maximum atomic E-state index is 8.63. The van der Waals surface area contributed by atoms with Crippen molar-refractivity contribution in [1.29, 1.82) is 0 Å². The Morgan fingerprint density at radius 3 is 2.75 bits per heavy atom. The molecule has 20 heavy (non-hydrogen) atoms. The zero-order chi connectivity index (χ0) is 14.5. The lowest BCUT2D eigenvalue weighted by atomic mass is 10.1. The van der Waals surface area contributed by atoms with Crippen molar-refractivity contribution >= 4 is 28.8 Å². The molecule has 0 radical (unpaired) electrons. The van der Waals surface area contributed by atoms with Crippen LogP contribution in [0.2, 0.25) is 5.02 Å². The van der Waals surface area contributed by atoms with E-state index in [-0.39, 0.29) is 5.84 Å². The standard InChI is InChI=1S/C14H16ClN3OS/c1-9-2-5-12(20-9)8-17-7-11-4-3-10(6-13(11)15)14(16)18-19/h2-6,17,19H,7-8H2,1H3,(H2,16,18). The van der Waals surface area contributed by atoms with E-state index in [4.69, 9.17) is 22.5 Å². The van der Waals surface area contributed by atoms with E-state index < -0.39 is 0 Å². The first-order chi connectivity index (χ1) is 9.60. The molecule has 0 aliphatic rings. The molecule has 1 aromatic heterocycles. The van der Waals surface area contributed by atoms with E-state index in [9.17, 15) is 0 Å². The van der Waals surface area contributed by atoms with Crippen LogP contribution in [0.5, 0.6) is 0 Å². The molecule has 0 aliphatic heterocycles. The van der Waals surface area contributed by atoms with Gasteiger partial charge in [-0.1, -0.05) is 28.9 Å². The van der Waals surface area contributed by atoms with Crippen molar-refractivity contribution in [3.05, 3.63) is 56.2 Å². The van der Waals surface area contributed by atoms with E-state index in [1.54, 1.807) is 23.5 Å². The number of aryl methyl sites for hydroxylation is 1. The highest BCUT2D eigenvalue weighted by molar-refractivity contribution is 7.11. The van der Waals surface area contributed by atoms with Gasteiger partial charge in [0.15, 0.2) is 5.84 Å². The van der Waals surface area contributed by atoms with Crippen molar-refractivity contribution in [1.82, 2.24) is 5.32 Å². The van der Waals surface area contributed by atoms with Crippen LogP contribution in [0.15, 0.2) is 35.5 Å². The quantitative estimate of drug-likeness (QED) is 0.344. The third-order valence-electron chi connectivity index (χ3n) is 2.87. The smallest absolute Gasteiger partial charge is 0.170 e. The summed E-state index contributed by atoms with van der Waals surface area (Å²) in [7, 11) is 0. The van der Waals surface area contributed by atoms with E-state index >= 15 is 0 Å². The largest absolute Gasteiger partial charge is 0.409 e. The van der Waals surface area contributed by atoms with Crippen molar-refractivity contribution in [3.8, 4) is 0 Å². The van der Waals surface area contributed by atoms with Crippen molar-refractivity contribution in [3.63, 3.8) is 0 Å². The number of amidine groups is 1. The number of nitrogens with zero attached hydrogens (tertiary/aromatic N) is 1. The van der Waals surface area contributed by atoms with Gasteiger partial charge in [0.1, 0.15) is 0 Å². The molecule has 4 nitrogen and oxygen atoms in total.